The summed E-state index contributed by atoms with van der Waals surface area (Å²) in [7, 11) is 0. The van der Waals surface area contributed by atoms with Crippen LogP contribution in [0.4, 0.5) is 13.2 Å². The van der Waals surface area contributed by atoms with Crippen LogP contribution in [0.1, 0.15) is 19.8 Å². The summed E-state index contributed by atoms with van der Waals surface area (Å²) in [4.78, 5) is 0. The molecule has 1 heterocycles. The van der Waals surface area contributed by atoms with Gasteiger partial charge in [-0.1, -0.05) is 13.5 Å². The van der Waals surface area contributed by atoms with Gasteiger partial charge in [0.05, 0.1) is 5.92 Å². The normalized spacial score (nSPS) is 27.5. The Hall–Kier alpha value is -0.710. The molecule has 0 aromatic heterocycles. The van der Waals surface area contributed by atoms with Crippen LogP contribution in [0.2, 0.25) is 0 Å². The monoisotopic (exact) mass is 222 g/mol. The Bertz CT molecular complexity index is 225. The minimum Gasteiger partial charge on any atom is -0.385 e. The predicted octanol–water partition coefficient (Wildman–Crippen LogP) is 2.04. The third kappa shape index (κ3) is 3.74. The van der Waals surface area contributed by atoms with E-state index in [1.54, 1.807) is 0 Å². The van der Waals surface area contributed by atoms with Crippen molar-refractivity contribution in [3.05, 3.63) is 12.3 Å². The molecule has 0 amide bonds. The van der Waals surface area contributed by atoms with E-state index in [4.69, 9.17) is 0 Å². The minimum atomic E-state index is -4.10. The number of rotatable bonds is 3. The molecule has 2 nitrogen and oxygen atoms in total. The number of allylic oxidation sites excluding steroid dienone is 1. The number of hydrogen-bond acceptors (Lipinski definition) is 2. The van der Waals surface area contributed by atoms with E-state index in [0.29, 0.717) is 6.54 Å². The number of nitrogens with one attached hydrogen (secondary N) is 2. The summed E-state index contributed by atoms with van der Waals surface area (Å²) in [5.41, 5.74) is 0.796. The summed E-state index contributed by atoms with van der Waals surface area (Å²) in [6, 6.07) is -0.155. The third-order valence-electron chi connectivity index (χ3n) is 2.65. The molecule has 1 aliphatic heterocycles. The molecule has 1 fully saturated rings. The van der Waals surface area contributed by atoms with Crippen LogP contribution in [0.25, 0.3) is 0 Å². The molecule has 0 saturated carbocycles. The first-order chi connectivity index (χ1) is 6.93. The molecule has 0 bridgehead atoms. The van der Waals surface area contributed by atoms with Crippen LogP contribution in [-0.2, 0) is 0 Å². The van der Waals surface area contributed by atoms with E-state index in [-0.39, 0.29) is 19.0 Å². The molecule has 2 atom stereocenters. The highest BCUT2D eigenvalue weighted by atomic mass is 19.4. The zero-order chi connectivity index (χ0) is 11.5. The molecule has 2 unspecified atom stereocenters. The van der Waals surface area contributed by atoms with E-state index in [1.807, 2.05) is 6.92 Å². The molecule has 0 aliphatic carbocycles. The van der Waals surface area contributed by atoms with Crippen molar-refractivity contribution < 1.29 is 13.2 Å². The quantitative estimate of drug-likeness (QED) is 0.763. The van der Waals surface area contributed by atoms with Gasteiger partial charge in [0.1, 0.15) is 0 Å². The average molecular weight is 222 g/mol. The molecule has 2 N–H and O–H groups in total. The van der Waals surface area contributed by atoms with E-state index in [9.17, 15) is 13.2 Å². The topological polar surface area (TPSA) is 24.1 Å². The van der Waals surface area contributed by atoms with Crippen molar-refractivity contribution in [1.29, 1.82) is 0 Å². The predicted molar refractivity (Wildman–Crippen MR) is 53.4 cm³/mol. The van der Waals surface area contributed by atoms with Crippen molar-refractivity contribution in [1.82, 2.24) is 10.6 Å². The summed E-state index contributed by atoms with van der Waals surface area (Å²) in [6.07, 6.45) is -3.22. The summed E-state index contributed by atoms with van der Waals surface area (Å²) < 4.78 is 37.3. The standard InChI is InChI=1S/C10H17F3N2/c1-3-7(2)15-9-4-8(5-14-6-9)10(11,12)13/h8-9,14-15H,2-6H2,1H3. The van der Waals surface area contributed by atoms with Gasteiger partial charge in [0, 0.05) is 24.8 Å². The Kier molecular flexibility index (Phi) is 4.02. The Labute approximate surface area is 87.9 Å². The van der Waals surface area contributed by atoms with E-state index in [2.05, 4.69) is 17.2 Å². The Balaban J connectivity index is 2.46. The minimum absolute atomic E-state index is 0.0281. The first-order valence-electron chi connectivity index (χ1n) is 5.15. The number of hydrogen-bond donors (Lipinski definition) is 2. The van der Waals surface area contributed by atoms with E-state index < -0.39 is 12.1 Å². The Morgan fingerprint density at radius 2 is 2.13 bits per heavy atom. The van der Waals surface area contributed by atoms with Gasteiger partial charge in [-0.3, -0.25) is 0 Å². The maximum Gasteiger partial charge on any atom is 0.393 e. The van der Waals surface area contributed by atoms with Crippen LogP contribution in [0.3, 0.4) is 0 Å². The van der Waals surface area contributed by atoms with Gasteiger partial charge in [-0.15, -0.1) is 0 Å². The van der Waals surface area contributed by atoms with Crippen molar-refractivity contribution in [2.24, 2.45) is 5.92 Å². The Morgan fingerprint density at radius 1 is 1.47 bits per heavy atom. The van der Waals surface area contributed by atoms with Crippen molar-refractivity contribution >= 4 is 0 Å². The van der Waals surface area contributed by atoms with Crippen LogP contribution in [0.5, 0.6) is 0 Å². The number of alkyl halides is 3. The largest absolute Gasteiger partial charge is 0.393 e. The molecule has 0 radical (unpaired) electrons. The lowest BCUT2D eigenvalue weighted by molar-refractivity contribution is -0.179. The summed E-state index contributed by atoms with van der Waals surface area (Å²) >= 11 is 0. The molecule has 0 spiro atoms. The van der Waals surface area contributed by atoms with Crippen molar-refractivity contribution in [2.45, 2.75) is 32.0 Å². The number of halogens is 3. The summed E-state index contributed by atoms with van der Waals surface area (Å²) in [5, 5.41) is 5.81. The van der Waals surface area contributed by atoms with Gasteiger partial charge in [0.15, 0.2) is 0 Å². The maximum absolute atomic E-state index is 12.4. The van der Waals surface area contributed by atoms with Crippen LogP contribution >= 0.6 is 0 Å². The van der Waals surface area contributed by atoms with Gasteiger partial charge < -0.3 is 10.6 Å². The fourth-order valence-electron chi connectivity index (χ4n) is 1.69. The molecule has 0 aromatic rings. The molecule has 1 rings (SSSR count). The lowest BCUT2D eigenvalue weighted by Crippen LogP contribution is -2.50. The fraction of sp³-hybridized carbons (Fsp3) is 0.800. The molecular weight excluding hydrogens is 205 g/mol. The van der Waals surface area contributed by atoms with Gasteiger partial charge in [0.25, 0.3) is 0 Å². The summed E-state index contributed by atoms with van der Waals surface area (Å²) in [5.74, 6) is -1.24. The van der Waals surface area contributed by atoms with Gasteiger partial charge >= 0.3 is 6.18 Å². The lowest BCUT2D eigenvalue weighted by atomic mass is 9.95. The first-order valence-corrected chi connectivity index (χ1v) is 5.15. The van der Waals surface area contributed by atoms with Gasteiger partial charge in [-0.25, -0.2) is 0 Å². The fourth-order valence-corrected chi connectivity index (χ4v) is 1.69. The molecule has 5 heteroatoms. The summed E-state index contributed by atoms with van der Waals surface area (Å²) in [6.45, 7) is 6.26. The molecule has 88 valence electrons. The third-order valence-corrected chi connectivity index (χ3v) is 2.65. The van der Waals surface area contributed by atoms with E-state index in [1.165, 1.54) is 0 Å². The highest BCUT2D eigenvalue weighted by Gasteiger charge is 2.42. The molecule has 0 aromatic carbocycles. The van der Waals surface area contributed by atoms with Crippen LogP contribution < -0.4 is 10.6 Å². The van der Waals surface area contributed by atoms with Crippen LogP contribution in [0, 0.1) is 5.92 Å². The second kappa shape index (κ2) is 4.88. The Morgan fingerprint density at radius 3 is 2.67 bits per heavy atom. The smallest absolute Gasteiger partial charge is 0.385 e. The highest BCUT2D eigenvalue weighted by molar-refractivity contribution is 4.95. The molecule has 1 aliphatic rings. The van der Waals surface area contributed by atoms with Crippen molar-refractivity contribution in [3.63, 3.8) is 0 Å². The van der Waals surface area contributed by atoms with Crippen molar-refractivity contribution in [3.8, 4) is 0 Å². The second-order valence-electron chi connectivity index (χ2n) is 3.93. The second-order valence-corrected chi connectivity index (χ2v) is 3.93. The lowest BCUT2D eigenvalue weighted by Gasteiger charge is -2.32. The van der Waals surface area contributed by atoms with E-state index in [0.717, 1.165) is 12.1 Å². The number of piperidine rings is 1. The van der Waals surface area contributed by atoms with Gasteiger partial charge in [0.2, 0.25) is 0 Å². The van der Waals surface area contributed by atoms with Crippen LogP contribution in [-0.4, -0.2) is 25.3 Å². The molecular formula is C10H17F3N2. The molecule has 1 saturated heterocycles. The van der Waals surface area contributed by atoms with E-state index >= 15 is 0 Å². The zero-order valence-corrected chi connectivity index (χ0v) is 8.82. The van der Waals surface area contributed by atoms with Crippen LogP contribution in [0.15, 0.2) is 12.3 Å². The first kappa shape index (κ1) is 12.4. The average Bonchev–Trinajstić information content (AvgIpc) is 2.17. The van der Waals surface area contributed by atoms with Crippen molar-refractivity contribution in [2.75, 3.05) is 13.1 Å². The SMILES string of the molecule is C=C(CC)NC1CNCC(C(F)(F)F)C1. The zero-order valence-electron chi connectivity index (χ0n) is 8.82. The van der Waals surface area contributed by atoms with Gasteiger partial charge in [-0.2, -0.15) is 13.2 Å². The van der Waals surface area contributed by atoms with Gasteiger partial charge in [-0.05, 0) is 12.8 Å². The maximum atomic E-state index is 12.4. The highest BCUT2D eigenvalue weighted by Crippen LogP contribution is 2.30. The molecule has 15 heavy (non-hydrogen) atoms.